The number of fused-ring (bicyclic) bond motifs is 3. The Labute approximate surface area is 182 Å². The van der Waals surface area contributed by atoms with Crippen molar-refractivity contribution in [1.82, 2.24) is 14.8 Å². The topological polar surface area (TPSA) is 52.0 Å². The van der Waals surface area contributed by atoms with Gasteiger partial charge in [0.15, 0.2) is 0 Å². The van der Waals surface area contributed by atoms with Crippen molar-refractivity contribution < 1.29 is 9.13 Å². The molecule has 4 aromatic rings. The zero-order valence-electron chi connectivity index (χ0n) is 16.2. The summed E-state index contributed by atoms with van der Waals surface area (Å²) in [5.74, 6) is 1.10. The molecule has 0 fully saturated rings. The third-order valence-corrected chi connectivity index (χ3v) is 5.89. The lowest BCUT2D eigenvalue weighted by molar-refractivity contribution is 0.223. The predicted molar refractivity (Wildman–Crippen MR) is 116 cm³/mol. The van der Waals surface area contributed by atoms with Crippen molar-refractivity contribution in [3.63, 3.8) is 0 Å². The van der Waals surface area contributed by atoms with Crippen LogP contribution in [0.1, 0.15) is 28.8 Å². The smallest absolute Gasteiger partial charge is 0.226 e. The lowest BCUT2D eigenvalue weighted by Crippen LogP contribution is -2.32. The molecule has 6 rings (SSSR count). The van der Waals surface area contributed by atoms with Gasteiger partial charge in [-0.2, -0.15) is 10.1 Å². The van der Waals surface area contributed by atoms with Gasteiger partial charge in [-0.05, 0) is 47.5 Å². The van der Waals surface area contributed by atoms with Crippen LogP contribution >= 0.6 is 11.6 Å². The number of rotatable bonds is 2. The second-order valence-corrected chi connectivity index (χ2v) is 7.92. The van der Waals surface area contributed by atoms with Gasteiger partial charge in [-0.1, -0.05) is 48.0 Å². The van der Waals surface area contributed by atoms with E-state index in [0.717, 1.165) is 33.7 Å². The standard InChI is InChI=1S/C24H16ClFN4O/c25-16-5-3-4-15(12-16)23-20-21(18-6-1-2-7-19(18)31-23)29-24-27-13-28-30(24)22(20)14-8-10-17(26)11-9-14/h1-13,22-23H,(H,27,28,29)/t22-,23-/m0/s1. The molecule has 1 aromatic heterocycles. The van der Waals surface area contributed by atoms with Crippen LogP contribution in [0.3, 0.4) is 0 Å². The van der Waals surface area contributed by atoms with Crippen molar-refractivity contribution in [2.75, 3.05) is 5.32 Å². The number of nitrogens with zero attached hydrogens (tertiary/aromatic N) is 3. The molecular formula is C24H16ClFN4O. The molecule has 5 nitrogen and oxygen atoms in total. The van der Waals surface area contributed by atoms with Crippen LogP contribution in [0, 0.1) is 5.82 Å². The predicted octanol–water partition coefficient (Wildman–Crippen LogP) is 5.63. The fourth-order valence-corrected chi connectivity index (χ4v) is 4.53. The van der Waals surface area contributed by atoms with E-state index >= 15 is 0 Å². The highest BCUT2D eigenvalue weighted by Crippen LogP contribution is 2.50. The maximum atomic E-state index is 13.7. The van der Waals surface area contributed by atoms with Crippen molar-refractivity contribution in [3.05, 3.63) is 112 Å². The number of anilines is 1. The third-order valence-electron chi connectivity index (χ3n) is 5.66. The Bertz CT molecular complexity index is 1330. The molecule has 0 amide bonds. The maximum absolute atomic E-state index is 13.7. The lowest BCUT2D eigenvalue weighted by Gasteiger charge is -2.39. The Morgan fingerprint density at radius 1 is 0.968 bits per heavy atom. The molecule has 3 heterocycles. The molecule has 0 unspecified atom stereocenters. The van der Waals surface area contributed by atoms with E-state index in [1.165, 1.54) is 18.5 Å². The van der Waals surface area contributed by atoms with Gasteiger partial charge in [0, 0.05) is 16.2 Å². The molecule has 0 radical (unpaired) electrons. The summed E-state index contributed by atoms with van der Waals surface area (Å²) in [7, 11) is 0. The number of benzene rings is 3. The van der Waals surface area contributed by atoms with Gasteiger partial charge in [-0.15, -0.1) is 0 Å². The van der Waals surface area contributed by atoms with E-state index in [-0.39, 0.29) is 11.9 Å². The van der Waals surface area contributed by atoms with E-state index < -0.39 is 6.10 Å². The van der Waals surface area contributed by atoms with Gasteiger partial charge in [-0.25, -0.2) is 9.07 Å². The van der Waals surface area contributed by atoms with Gasteiger partial charge >= 0.3 is 0 Å². The van der Waals surface area contributed by atoms with Crippen LogP contribution in [-0.4, -0.2) is 14.8 Å². The summed E-state index contributed by atoms with van der Waals surface area (Å²) >= 11 is 6.32. The number of nitrogens with one attached hydrogen (secondary N) is 1. The summed E-state index contributed by atoms with van der Waals surface area (Å²) in [5, 5.41) is 8.54. The number of hydrogen-bond acceptors (Lipinski definition) is 4. The van der Waals surface area contributed by atoms with Gasteiger partial charge in [-0.3, -0.25) is 0 Å². The Balaban J connectivity index is 1.63. The van der Waals surface area contributed by atoms with Crippen molar-refractivity contribution in [2.45, 2.75) is 12.1 Å². The van der Waals surface area contributed by atoms with E-state index in [1.807, 2.05) is 48.5 Å². The highest BCUT2D eigenvalue weighted by Gasteiger charge is 2.40. The van der Waals surface area contributed by atoms with E-state index in [2.05, 4.69) is 15.4 Å². The molecule has 0 spiro atoms. The molecule has 0 bridgehead atoms. The quantitative estimate of drug-likeness (QED) is 0.447. The molecular weight excluding hydrogens is 415 g/mol. The highest BCUT2D eigenvalue weighted by molar-refractivity contribution is 6.30. The normalized spacial score (nSPS) is 19.0. The molecule has 2 aliphatic heterocycles. The molecule has 152 valence electrons. The lowest BCUT2D eigenvalue weighted by atomic mass is 9.84. The van der Waals surface area contributed by atoms with Crippen LogP contribution < -0.4 is 10.1 Å². The number of halogens is 2. The fraction of sp³-hybridized carbons (Fsp3) is 0.0833. The monoisotopic (exact) mass is 430 g/mol. The van der Waals surface area contributed by atoms with Crippen molar-refractivity contribution in [1.29, 1.82) is 0 Å². The minimum atomic E-state index is -0.413. The van der Waals surface area contributed by atoms with Gasteiger partial charge in [0.1, 0.15) is 30.0 Å². The van der Waals surface area contributed by atoms with Gasteiger partial charge in [0.2, 0.25) is 5.95 Å². The van der Waals surface area contributed by atoms with Gasteiger partial charge in [0.05, 0.1) is 5.70 Å². The molecule has 1 N–H and O–H groups in total. The first-order valence-electron chi connectivity index (χ1n) is 9.86. The summed E-state index contributed by atoms with van der Waals surface area (Å²) in [4.78, 5) is 4.40. The molecule has 2 atom stereocenters. The van der Waals surface area contributed by atoms with E-state index in [4.69, 9.17) is 16.3 Å². The van der Waals surface area contributed by atoms with Crippen LogP contribution in [0.2, 0.25) is 5.02 Å². The zero-order valence-corrected chi connectivity index (χ0v) is 16.9. The van der Waals surface area contributed by atoms with Gasteiger partial charge < -0.3 is 10.1 Å². The zero-order chi connectivity index (χ0) is 20.9. The number of aromatic nitrogens is 3. The largest absolute Gasteiger partial charge is 0.480 e. The summed E-state index contributed by atoms with van der Waals surface area (Å²) in [6.45, 7) is 0. The van der Waals surface area contributed by atoms with Crippen LogP contribution in [0.25, 0.3) is 5.70 Å². The first kappa shape index (κ1) is 18.2. The van der Waals surface area contributed by atoms with Crippen molar-refractivity contribution >= 4 is 23.2 Å². The highest BCUT2D eigenvalue weighted by atomic mass is 35.5. The first-order chi connectivity index (χ1) is 15.2. The number of ether oxygens (including phenoxy) is 1. The molecule has 3 aromatic carbocycles. The van der Waals surface area contributed by atoms with Crippen LogP contribution in [0.5, 0.6) is 5.75 Å². The van der Waals surface area contributed by atoms with Crippen LogP contribution in [-0.2, 0) is 0 Å². The van der Waals surface area contributed by atoms with Crippen molar-refractivity contribution in [3.8, 4) is 5.75 Å². The third kappa shape index (κ3) is 2.91. The average molecular weight is 431 g/mol. The Hall–Kier alpha value is -3.64. The van der Waals surface area contributed by atoms with Gasteiger partial charge in [0.25, 0.3) is 0 Å². The number of hydrogen-bond donors (Lipinski definition) is 1. The van der Waals surface area contributed by atoms with Crippen LogP contribution in [0.15, 0.2) is 84.7 Å². The summed E-state index contributed by atoms with van der Waals surface area (Å²) in [5.41, 5.74) is 4.63. The summed E-state index contributed by atoms with van der Waals surface area (Å²) in [6, 6.07) is 21.7. The minimum Gasteiger partial charge on any atom is -0.480 e. The second kappa shape index (κ2) is 6.96. The van der Waals surface area contributed by atoms with E-state index in [0.29, 0.717) is 11.0 Å². The molecule has 0 saturated carbocycles. The fourth-order valence-electron chi connectivity index (χ4n) is 4.33. The SMILES string of the molecule is Fc1ccc([C@H]2C3=C(Nc4ncnn42)c2ccccc2O[C@H]3c2cccc(Cl)c2)cc1. The molecule has 0 saturated heterocycles. The van der Waals surface area contributed by atoms with Crippen LogP contribution in [0.4, 0.5) is 10.3 Å². The van der Waals surface area contributed by atoms with E-state index in [9.17, 15) is 4.39 Å². The second-order valence-electron chi connectivity index (χ2n) is 7.49. The number of para-hydroxylation sites is 1. The molecule has 2 aliphatic rings. The molecule has 0 aliphatic carbocycles. The van der Waals surface area contributed by atoms with E-state index in [1.54, 1.807) is 16.8 Å². The Kier molecular flexibility index (Phi) is 4.07. The first-order valence-corrected chi connectivity index (χ1v) is 10.2. The summed E-state index contributed by atoms with van der Waals surface area (Å²) in [6.07, 6.45) is 1.10. The minimum absolute atomic E-state index is 0.290. The average Bonchev–Trinajstić information content (AvgIpc) is 3.26. The maximum Gasteiger partial charge on any atom is 0.226 e. The Morgan fingerprint density at radius 3 is 2.65 bits per heavy atom. The summed E-state index contributed by atoms with van der Waals surface area (Å²) < 4.78 is 22.0. The molecule has 31 heavy (non-hydrogen) atoms. The van der Waals surface area contributed by atoms with Crippen molar-refractivity contribution in [2.24, 2.45) is 0 Å². The Morgan fingerprint density at radius 2 is 1.81 bits per heavy atom. The molecule has 7 heteroatoms.